The Bertz CT molecular complexity index is 147. The van der Waals surface area contributed by atoms with Gasteiger partial charge in [0.1, 0.15) is 5.78 Å². The molecule has 0 aromatic heterocycles. The molecule has 11 heavy (non-hydrogen) atoms. The summed E-state index contributed by atoms with van der Waals surface area (Å²) in [6.45, 7) is 6.06. The Morgan fingerprint density at radius 1 is 1.18 bits per heavy atom. The highest BCUT2D eigenvalue weighted by Crippen LogP contribution is 2.31. The van der Waals surface area contributed by atoms with Crippen molar-refractivity contribution in [3.63, 3.8) is 0 Å². The molecule has 0 bridgehead atoms. The lowest BCUT2D eigenvalue weighted by atomic mass is 9.82. The molecule has 0 heterocycles. The number of Topliss-reactive ketones (excluding diaryl/α,β-unsaturated/α-hetero) is 1. The van der Waals surface area contributed by atoms with E-state index in [1.165, 1.54) is 12.8 Å². The topological polar surface area (TPSA) is 17.1 Å². The van der Waals surface area contributed by atoms with Gasteiger partial charge in [-0.1, -0.05) is 33.6 Å². The van der Waals surface area contributed by atoms with Gasteiger partial charge in [0.05, 0.1) is 0 Å². The second-order valence-corrected chi connectivity index (χ2v) is 4.60. The Kier molecular flexibility index (Phi) is 2.36. The predicted octanol–water partition coefficient (Wildman–Crippen LogP) is 2.79. The minimum atomic E-state index is -0.116. The zero-order chi connectivity index (χ0) is 8.48. The fourth-order valence-electron chi connectivity index (χ4n) is 1.80. The smallest absolute Gasteiger partial charge is 0.141 e. The highest BCUT2D eigenvalue weighted by Gasteiger charge is 2.30. The number of hydrogen-bond donors (Lipinski definition) is 0. The van der Waals surface area contributed by atoms with Crippen molar-refractivity contribution < 1.29 is 4.79 Å². The number of carbonyl (C=O) groups excluding carboxylic acids is 1. The lowest BCUT2D eigenvalue weighted by Gasteiger charge is -2.20. The second kappa shape index (κ2) is 2.96. The van der Waals surface area contributed by atoms with Crippen molar-refractivity contribution in [3.05, 3.63) is 0 Å². The Hall–Kier alpha value is -0.330. The van der Waals surface area contributed by atoms with E-state index in [2.05, 4.69) is 0 Å². The molecule has 0 amide bonds. The second-order valence-electron chi connectivity index (χ2n) is 4.60. The van der Waals surface area contributed by atoms with Crippen LogP contribution in [-0.2, 0) is 4.79 Å². The van der Waals surface area contributed by atoms with E-state index in [0.29, 0.717) is 11.7 Å². The standard InChI is InChI=1S/C10H18O/c1-10(2,3)9(11)8-6-4-5-7-8/h8H,4-7H2,1-3H3. The SMILES string of the molecule is CC(C)(C)C(=O)C1CCCC1. The van der Waals surface area contributed by atoms with E-state index < -0.39 is 0 Å². The van der Waals surface area contributed by atoms with Gasteiger partial charge < -0.3 is 0 Å². The van der Waals surface area contributed by atoms with Gasteiger partial charge in [-0.25, -0.2) is 0 Å². The molecule has 0 radical (unpaired) electrons. The average Bonchev–Trinajstić information content (AvgIpc) is 2.34. The molecule has 0 aliphatic heterocycles. The lowest BCUT2D eigenvalue weighted by Crippen LogP contribution is -2.26. The zero-order valence-electron chi connectivity index (χ0n) is 7.81. The summed E-state index contributed by atoms with van der Waals surface area (Å²) in [6, 6.07) is 0. The van der Waals surface area contributed by atoms with Crippen LogP contribution in [0.1, 0.15) is 46.5 Å². The molecule has 0 spiro atoms. The van der Waals surface area contributed by atoms with E-state index in [-0.39, 0.29) is 5.41 Å². The van der Waals surface area contributed by atoms with Gasteiger partial charge in [-0.15, -0.1) is 0 Å². The van der Waals surface area contributed by atoms with Crippen LogP contribution in [0.3, 0.4) is 0 Å². The van der Waals surface area contributed by atoms with Crippen LogP contribution in [0.15, 0.2) is 0 Å². The summed E-state index contributed by atoms with van der Waals surface area (Å²) in [4.78, 5) is 11.7. The quantitative estimate of drug-likeness (QED) is 0.567. The Morgan fingerprint density at radius 2 is 1.64 bits per heavy atom. The summed E-state index contributed by atoms with van der Waals surface area (Å²) in [5, 5.41) is 0. The molecule has 0 atom stereocenters. The number of carbonyl (C=O) groups is 1. The van der Waals surface area contributed by atoms with Gasteiger partial charge in [-0.3, -0.25) is 4.79 Å². The number of rotatable bonds is 1. The van der Waals surface area contributed by atoms with E-state index in [4.69, 9.17) is 0 Å². The summed E-state index contributed by atoms with van der Waals surface area (Å²) in [5.74, 6) is 0.852. The van der Waals surface area contributed by atoms with E-state index in [1.807, 2.05) is 20.8 Å². The summed E-state index contributed by atoms with van der Waals surface area (Å²) in [5.41, 5.74) is -0.116. The van der Waals surface area contributed by atoms with Crippen LogP contribution in [0.4, 0.5) is 0 Å². The summed E-state index contributed by atoms with van der Waals surface area (Å²) < 4.78 is 0. The first-order valence-electron chi connectivity index (χ1n) is 4.56. The van der Waals surface area contributed by atoms with Crippen molar-refractivity contribution >= 4 is 5.78 Å². The number of ketones is 1. The van der Waals surface area contributed by atoms with Crippen LogP contribution >= 0.6 is 0 Å². The van der Waals surface area contributed by atoms with Crippen molar-refractivity contribution in [2.75, 3.05) is 0 Å². The van der Waals surface area contributed by atoms with Crippen LogP contribution in [0.5, 0.6) is 0 Å². The van der Waals surface area contributed by atoms with Gasteiger partial charge in [0.15, 0.2) is 0 Å². The van der Waals surface area contributed by atoms with E-state index >= 15 is 0 Å². The molecule has 0 aromatic carbocycles. The third-order valence-electron chi connectivity index (χ3n) is 2.47. The van der Waals surface area contributed by atoms with Gasteiger partial charge in [-0.05, 0) is 12.8 Å². The van der Waals surface area contributed by atoms with Crippen molar-refractivity contribution in [1.29, 1.82) is 0 Å². The first-order chi connectivity index (χ1) is 5.02. The van der Waals surface area contributed by atoms with Gasteiger partial charge in [0, 0.05) is 11.3 Å². The third-order valence-corrected chi connectivity index (χ3v) is 2.47. The molecule has 1 saturated carbocycles. The maximum absolute atomic E-state index is 11.7. The largest absolute Gasteiger partial charge is 0.299 e. The molecular formula is C10H18O. The minimum Gasteiger partial charge on any atom is -0.299 e. The van der Waals surface area contributed by atoms with Crippen LogP contribution < -0.4 is 0 Å². The first-order valence-corrected chi connectivity index (χ1v) is 4.56. The molecule has 0 N–H and O–H groups in total. The summed E-state index contributed by atoms with van der Waals surface area (Å²) in [7, 11) is 0. The van der Waals surface area contributed by atoms with Crippen LogP contribution in [0, 0.1) is 11.3 Å². The van der Waals surface area contributed by atoms with Crippen molar-refractivity contribution in [1.82, 2.24) is 0 Å². The fourth-order valence-corrected chi connectivity index (χ4v) is 1.80. The molecule has 0 aromatic rings. The molecule has 1 nitrogen and oxygen atoms in total. The van der Waals surface area contributed by atoms with Crippen LogP contribution in [-0.4, -0.2) is 5.78 Å². The van der Waals surface area contributed by atoms with Crippen molar-refractivity contribution in [3.8, 4) is 0 Å². The molecular weight excluding hydrogens is 136 g/mol. The Labute approximate surface area is 69.2 Å². The normalized spacial score (nSPS) is 20.6. The van der Waals surface area contributed by atoms with Gasteiger partial charge in [-0.2, -0.15) is 0 Å². The summed E-state index contributed by atoms with van der Waals surface area (Å²) >= 11 is 0. The molecule has 1 heteroatoms. The van der Waals surface area contributed by atoms with E-state index in [9.17, 15) is 4.79 Å². The first kappa shape index (κ1) is 8.76. The van der Waals surface area contributed by atoms with Crippen LogP contribution in [0.2, 0.25) is 0 Å². The lowest BCUT2D eigenvalue weighted by molar-refractivity contribution is -0.130. The summed E-state index contributed by atoms with van der Waals surface area (Å²) in [6.07, 6.45) is 4.78. The fraction of sp³-hybridized carbons (Fsp3) is 0.900. The minimum absolute atomic E-state index is 0.116. The molecule has 0 unspecified atom stereocenters. The maximum atomic E-state index is 11.7. The molecule has 0 saturated heterocycles. The third kappa shape index (κ3) is 2.05. The van der Waals surface area contributed by atoms with E-state index in [1.54, 1.807) is 0 Å². The Balaban J connectivity index is 2.53. The van der Waals surface area contributed by atoms with Gasteiger partial charge in [0.25, 0.3) is 0 Å². The molecule has 1 fully saturated rings. The maximum Gasteiger partial charge on any atom is 0.141 e. The Morgan fingerprint density at radius 3 is 2.00 bits per heavy atom. The van der Waals surface area contributed by atoms with Gasteiger partial charge >= 0.3 is 0 Å². The van der Waals surface area contributed by atoms with Crippen molar-refractivity contribution in [2.24, 2.45) is 11.3 Å². The zero-order valence-corrected chi connectivity index (χ0v) is 7.81. The molecule has 1 rings (SSSR count). The van der Waals surface area contributed by atoms with Gasteiger partial charge in [0.2, 0.25) is 0 Å². The molecule has 1 aliphatic rings. The molecule has 1 aliphatic carbocycles. The van der Waals surface area contributed by atoms with Crippen LogP contribution in [0.25, 0.3) is 0 Å². The van der Waals surface area contributed by atoms with Crippen molar-refractivity contribution in [2.45, 2.75) is 46.5 Å². The molecule has 64 valence electrons. The monoisotopic (exact) mass is 154 g/mol. The average molecular weight is 154 g/mol. The number of hydrogen-bond acceptors (Lipinski definition) is 1. The highest BCUT2D eigenvalue weighted by atomic mass is 16.1. The van der Waals surface area contributed by atoms with E-state index in [0.717, 1.165) is 12.8 Å². The predicted molar refractivity (Wildman–Crippen MR) is 46.4 cm³/mol. The highest BCUT2D eigenvalue weighted by molar-refractivity contribution is 5.86.